The van der Waals surface area contributed by atoms with Gasteiger partial charge in [0.25, 0.3) is 0 Å². The van der Waals surface area contributed by atoms with E-state index < -0.39 is 0 Å². The highest BCUT2D eigenvalue weighted by atomic mass is 19.1. The Labute approximate surface area is 114 Å². The first-order chi connectivity index (χ1) is 9.17. The maximum absolute atomic E-state index is 13.9. The topological polar surface area (TPSA) is 30.5 Å². The molecule has 1 N–H and O–H groups in total. The van der Waals surface area contributed by atoms with Crippen LogP contribution in [0.2, 0.25) is 0 Å². The lowest BCUT2D eigenvalue weighted by molar-refractivity contribution is -0.105. The van der Waals surface area contributed by atoms with Gasteiger partial charge in [0, 0.05) is 19.1 Å². The van der Waals surface area contributed by atoms with Crippen LogP contribution in [-0.2, 0) is 4.74 Å². The van der Waals surface area contributed by atoms with E-state index in [0.29, 0.717) is 24.0 Å². The quantitative estimate of drug-likeness (QED) is 0.859. The summed E-state index contributed by atoms with van der Waals surface area (Å²) < 4.78 is 25.4. The van der Waals surface area contributed by atoms with Crippen LogP contribution >= 0.6 is 0 Å². The maximum Gasteiger partial charge on any atom is 0.167 e. The van der Waals surface area contributed by atoms with Crippen molar-refractivity contribution in [2.45, 2.75) is 45.4 Å². The predicted molar refractivity (Wildman–Crippen MR) is 73.0 cm³/mol. The first-order valence-electron chi connectivity index (χ1n) is 6.94. The van der Waals surface area contributed by atoms with Crippen LogP contribution in [0.4, 0.5) is 4.39 Å². The van der Waals surface area contributed by atoms with Crippen LogP contribution in [0.1, 0.15) is 25.8 Å². The highest BCUT2D eigenvalue weighted by Gasteiger charge is 2.43. The Bertz CT molecular complexity index is 425. The van der Waals surface area contributed by atoms with Gasteiger partial charge in [-0.1, -0.05) is 19.1 Å². The lowest BCUT2D eigenvalue weighted by Gasteiger charge is -2.44. The number of likely N-dealkylation sites (N-methyl/N-ethyl adjacent to an activating group) is 1. The molecule has 19 heavy (non-hydrogen) atoms. The van der Waals surface area contributed by atoms with Gasteiger partial charge in [-0.3, -0.25) is 0 Å². The third kappa shape index (κ3) is 3.07. The summed E-state index contributed by atoms with van der Waals surface area (Å²) in [5.41, 5.74) is 0.605. The summed E-state index contributed by atoms with van der Waals surface area (Å²) in [5.74, 6) is 0.0503. The van der Waals surface area contributed by atoms with Gasteiger partial charge in [0.15, 0.2) is 11.6 Å². The van der Waals surface area contributed by atoms with E-state index in [9.17, 15) is 4.39 Å². The maximum atomic E-state index is 13.9. The molecule has 0 aliphatic heterocycles. The molecule has 0 aromatic heterocycles. The van der Waals surface area contributed by atoms with Crippen molar-refractivity contribution in [1.29, 1.82) is 0 Å². The molecule has 0 saturated heterocycles. The molecule has 3 atom stereocenters. The van der Waals surface area contributed by atoms with Crippen molar-refractivity contribution in [1.82, 2.24) is 5.32 Å². The number of hydrogen-bond donors (Lipinski definition) is 1. The summed E-state index contributed by atoms with van der Waals surface area (Å²) in [6, 6.07) is 5.53. The number of rotatable bonds is 6. The monoisotopic (exact) mass is 267 g/mol. The van der Waals surface area contributed by atoms with Crippen molar-refractivity contribution in [3.05, 3.63) is 29.6 Å². The lowest BCUT2D eigenvalue weighted by atomic mass is 9.85. The van der Waals surface area contributed by atoms with Gasteiger partial charge in [0.05, 0.1) is 0 Å². The van der Waals surface area contributed by atoms with Crippen molar-refractivity contribution >= 4 is 0 Å². The highest BCUT2D eigenvalue weighted by Crippen LogP contribution is 2.31. The predicted octanol–water partition coefficient (Wildman–Crippen LogP) is 2.67. The van der Waals surface area contributed by atoms with Crippen molar-refractivity contribution in [3.8, 4) is 5.75 Å². The van der Waals surface area contributed by atoms with Crippen molar-refractivity contribution < 1.29 is 13.9 Å². The fourth-order valence-corrected chi connectivity index (χ4v) is 2.45. The summed E-state index contributed by atoms with van der Waals surface area (Å²) >= 11 is 0. The van der Waals surface area contributed by atoms with Crippen LogP contribution in [0.15, 0.2) is 18.2 Å². The van der Waals surface area contributed by atoms with Crippen LogP contribution in [-0.4, -0.2) is 31.4 Å². The molecule has 3 unspecified atom stereocenters. The van der Waals surface area contributed by atoms with E-state index in [4.69, 9.17) is 9.47 Å². The Balaban J connectivity index is 2.01. The molecular weight excluding hydrogens is 245 g/mol. The second-order valence-electron chi connectivity index (χ2n) is 4.86. The molecule has 3 nitrogen and oxygen atoms in total. The highest BCUT2D eigenvalue weighted by molar-refractivity contribution is 5.30. The number of benzene rings is 1. The molecule has 1 saturated carbocycles. The molecule has 1 fully saturated rings. The second-order valence-corrected chi connectivity index (χ2v) is 4.86. The normalized spacial score (nSPS) is 26.0. The molecule has 106 valence electrons. The molecule has 2 rings (SSSR count). The van der Waals surface area contributed by atoms with E-state index in [1.54, 1.807) is 19.1 Å². The first-order valence-corrected chi connectivity index (χ1v) is 6.94. The number of hydrogen-bond acceptors (Lipinski definition) is 3. The first kappa shape index (κ1) is 14.3. The smallest absolute Gasteiger partial charge is 0.167 e. The van der Waals surface area contributed by atoms with E-state index in [-0.39, 0.29) is 18.0 Å². The van der Waals surface area contributed by atoms with Gasteiger partial charge in [-0.2, -0.15) is 0 Å². The van der Waals surface area contributed by atoms with Gasteiger partial charge >= 0.3 is 0 Å². The van der Waals surface area contributed by atoms with E-state index in [2.05, 4.69) is 12.2 Å². The fraction of sp³-hybridized carbons (Fsp3) is 0.600. The summed E-state index contributed by atoms with van der Waals surface area (Å²) in [6.07, 6.45) is 0.788. The third-order valence-corrected chi connectivity index (χ3v) is 3.51. The van der Waals surface area contributed by atoms with Gasteiger partial charge in [-0.15, -0.1) is 0 Å². The Hall–Kier alpha value is -1.13. The number of nitrogens with one attached hydrogen (secondary N) is 1. The van der Waals surface area contributed by atoms with Gasteiger partial charge in [0.1, 0.15) is 12.2 Å². The molecule has 1 aromatic carbocycles. The van der Waals surface area contributed by atoms with E-state index >= 15 is 0 Å². The van der Waals surface area contributed by atoms with E-state index in [0.717, 1.165) is 13.0 Å². The van der Waals surface area contributed by atoms with Crippen LogP contribution in [0.5, 0.6) is 5.75 Å². The molecule has 0 spiro atoms. The van der Waals surface area contributed by atoms with Crippen molar-refractivity contribution in [2.24, 2.45) is 0 Å². The molecule has 4 heteroatoms. The van der Waals surface area contributed by atoms with Crippen molar-refractivity contribution in [2.75, 3.05) is 13.2 Å². The Morgan fingerprint density at radius 1 is 1.37 bits per heavy atom. The van der Waals surface area contributed by atoms with Gasteiger partial charge < -0.3 is 14.8 Å². The minimum absolute atomic E-state index is 0.00450. The van der Waals surface area contributed by atoms with Gasteiger partial charge in [-0.25, -0.2) is 4.39 Å². The van der Waals surface area contributed by atoms with Crippen LogP contribution < -0.4 is 10.1 Å². The minimum atomic E-state index is -0.273. The van der Waals surface area contributed by atoms with Crippen molar-refractivity contribution in [3.63, 3.8) is 0 Å². The lowest BCUT2D eigenvalue weighted by Crippen LogP contribution is -2.61. The average Bonchev–Trinajstić information content (AvgIpc) is 2.39. The Kier molecular flexibility index (Phi) is 4.77. The molecule has 1 aromatic rings. The molecule has 1 aliphatic rings. The van der Waals surface area contributed by atoms with Gasteiger partial charge in [-0.05, 0) is 32.0 Å². The second kappa shape index (κ2) is 6.35. The van der Waals surface area contributed by atoms with Gasteiger partial charge in [0.2, 0.25) is 0 Å². The summed E-state index contributed by atoms with van der Waals surface area (Å²) in [5, 5.41) is 3.36. The van der Waals surface area contributed by atoms with Crippen LogP contribution in [0, 0.1) is 12.7 Å². The molecule has 0 bridgehead atoms. The number of ether oxygens (including phenoxy) is 2. The van der Waals surface area contributed by atoms with Crippen LogP contribution in [0.25, 0.3) is 0 Å². The molecule has 1 aliphatic carbocycles. The zero-order chi connectivity index (χ0) is 13.8. The summed E-state index contributed by atoms with van der Waals surface area (Å²) in [6.45, 7) is 7.32. The molecule has 0 heterocycles. The molecule has 0 radical (unpaired) electrons. The summed E-state index contributed by atoms with van der Waals surface area (Å²) in [7, 11) is 0. The third-order valence-electron chi connectivity index (χ3n) is 3.51. The molecule has 0 amide bonds. The summed E-state index contributed by atoms with van der Waals surface area (Å²) in [4.78, 5) is 0. The fourth-order valence-electron chi connectivity index (χ4n) is 2.45. The zero-order valence-corrected chi connectivity index (χ0v) is 11.8. The average molecular weight is 267 g/mol. The zero-order valence-electron chi connectivity index (χ0n) is 11.8. The largest absolute Gasteiger partial charge is 0.485 e. The molecular formula is C15H22FNO2. The van der Waals surface area contributed by atoms with E-state index in [1.165, 1.54) is 0 Å². The standard InChI is InChI=1S/C15H22FNO2/c1-4-17-11-9-13(15(11)18-5-2)19-12-8-6-7-10(3)14(12)16/h6-8,11,13,15,17H,4-5,9H2,1-3H3. The number of aryl methyl sites for hydroxylation is 1. The van der Waals surface area contributed by atoms with E-state index in [1.807, 2.05) is 13.0 Å². The Morgan fingerprint density at radius 3 is 2.84 bits per heavy atom. The Morgan fingerprint density at radius 2 is 2.16 bits per heavy atom. The SMILES string of the molecule is CCNC1CC(Oc2cccc(C)c2F)C1OCC. The minimum Gasteiger partial charge on any atom is -0.485 e. The van der Waals surface area contributed by atoms with Crippen LogP contribution in [0.3, 0.4) is 0 Å². The number of halogens is 1.